The van der Waals surface area contributed by atoms with Crippen LogP contribution in [0.25, 0.3) is 11.4 Å². The predicted molar refractivity (Wildman–Crippen MR) is 110 cm³/mol. The van der Waals surface area contributed by atoms with Gasteiger partial charge in [-0.1, -0.05) is 12.1 Å². The molecule has 1 N–H and O–H groups in total. The first-order valence-corrected chi connectivity index (χ1v) is 9.01. The van der Waals surface area contributed by atoms with Crippen molar-refractivity contribution in [1.82, 2.24) is 9.55 Å². The Balaban J connectivity index is 1.90. The third-order valence-corrected chi connectivity index (χ3v) is 4.34. The van der Waals surface area contributed by atoms with E-state index in [1.807, 2.05) is 0 Å². The van der Waals surface area contributed by atoms with Gasteiger partial charge in [0.05, 0.1) is 7.11 Å². The van der Waals surface area contributed by atoms with E-state index < -0.39 is 5.91 Å². The summed E-state index contributed by atoms with van der Waals surface area (Å²) in [5.41, 5.74) is 1.92. The van der Waals surface area contributed by atoms with Crippen molar-refractivity contribution in [3.63, 3.8) is 0 Å². The number of hydrogen-bond acceptors (Lipinski definition) is 5. The molecule has 148 valence electrons. The number of benzene rings is 2. The van der Waals surface area contributed by atoms with Crippen molar-refractivity contribution in [3.05, 3.63) is 76.2 Å². The van der Waals surface area contributed by atoms with Gasteiger partial charge in [0.2, 0.25) is 5.91 Å². The number of carbonyl (C=O) groups is 2. The summed E-state index contributed by atoms with van der Waals surface area (Å²) >= 11 is 0. The number of Topliss-reactive ketones (excluding diaryl/α,β-unsaturated/α-hetero) is 1. The van der Waals surface area contributed by atoms with Crippen LogP contribution in [0.2, 0.25) is 0 Å². The van der Waals surface area contributed by atoms with Gasteiger partial charge < -0.3 is 10.1 Å². The molecule has 0 aliphatic heterocycles. The zero-order chi connectivity index (χ0) is 21.0. The molecule has 0 bridgehead atoms. The molecule has 0 spiro atoms. The zero-order valence-corrected chi connectivity index (χ0v) is 16.4. The van der Waals surface area contributed by atoms with Gasteiger partial charge in [-0.05, 0) is 50.2 Å². The van der Waals surface area contributed by atoms with Crippen LogP contribution in [0.3, 0.4) is 0 Å². The molecule has 0 fully saturated rings. The number of ketones is 1. The van der Waals surface area contributed by atoms with E-state index in [4.69, 9.17) is 4.74 Å². The molecule has 0 aliphatic rings. The van der Waals surface area contributed by atoms with E-state index in [1.54, 1.807) is 62.6 Å². The average Bonchev–Trinajstić information content (AvgIpc) is 2.70. The number of aromatic nitrogens is 2. The molecule has 29 heavy (non-hydrogen) atoms. The smallest absolute Gasteiger partial charge is 0.254 e. The normalized spacial score (nSPS) is 10.4. The monoisotopic (exact) mass is 391 g/mol. The van der Waals surface area contributed by atoms with Crippen molar-refractivity contribution >= 4 is 17.4 Å². The second-order valence-electron chi connectivity index (χ2n) is 6.56. The Morgan fingerprint density at radius 3 is 2.48 bits per heavy atom. The van der Waals surface area contributed by atoms with Gasteiger partial charge in [-0.25, -0.2) is 4.98 Å². The predicted octanol–water partition coefficient (Wildman–Crippen LogP) is 3.07. The summed E-state index contributed by atoms with van der Waals surface area (Å²) in [6.45, 7) is 2.98. The van der Waals surface area contributed by atoms with Gasteiger partial charge in [0.15, 0.2) is 5.78 Å². The van der Waals surface area contributed by atoms with Crippen molar-refractivity contribution < 1.29 is 14.3 Å². The van der Waals surface area contributed by atoms with Crippen LogP contribution in [-0.2, 0) is 11.3 Å². The Labute approximate surface area is 168 Å². The zero-order valence-electron chi connectivity index (χ0n) is 16.4. The second kappa shape index (κ2) is 8.52. The van der Waals surface area contributed by atoms with E-state index in [9.17, 15) is 14.4 Å². The largest absolute Gasteiger partial charge is 0.497 e. The van der Waals surface area contributed by atoms with Crippen molar-refractivity contribution in [3.8, 4) is 17.1 Å². The number of amides is 1. The Morgan fingerprint density at radius 1 is 1.10 bits per heavy atom. The Kier molecular flexibility index (Phi) is 5.87. The van der Waals surface area contributed by atoms with E-state index >= 15 is 0 Å². The second-order valence-corrected chi connectivity index (χ2v) is 6.56. The summed E-state index contributed by atoms with van der Waals surface area (Å²) in [5.74, 6) is 0.582. The Morgan fingerprint density at radius 2 is 1.83 bits per heavy atom. The van der Waals surface area contributed by atoms with Crippen LogP contribution in [0.15, 0.2) is 59.4 Å². The Bertz CT molecular complexity index is 1120. The van der Waals surface area contributed by atoms with Crippen LogP contribution >= 0.6 is 0 Å². The van der Waals surface area contributed by atoms with Gasteiger partial charge in [0.25, 0.3) is 5.56 Å². The van der Waals surface area contributed by atoms with Gasteiger partial charge in [-0.3, -0.25) is 19.0 Å². The summed E-state index contributed by atoms with van der Waals surface area (Å²) in [6, 6.07) is 15.1. The molecule has 7 nitrogen and oxygen atoms in total. The number of ether oxygens (including phenoxy) is 1. The molecular weight excluding hydrogens is 370 g/mol. The number of nitrogens with one attached hydrogen (secondary N) is 1. The highest BCUT2D eigenvalue weighted by atomic mass is 16.5. The molecule has 1 heterocycles. The highest BCUT2D eigenvalue weighted by Crippen LogP contribution is 2.20. The first-order valence-electron chi connectivity index (χ1n) is 9.01. The third-order valence-electron chi connectivity index (χ3n) is 4.34. The highest BCUT2D eigenvalue weighted by Gasteiger charge is 2.14. The molecule has 3 aromatic rings. The van der Waals surface area contributed by atoms with Crippen molar-refractivity contribution in [2.75, 3.05) is 12.4 Å². The third kappa shape index (κ3) is 4.76. The summed E-state index contributed by atoms with van der Waals surface area (Å²) < 4.78 is 6.48. The highest BCUT2D eigenvalue weighted by molar-refractivity contribution is 5.97. The number of methoxy groups -OCH3 is 1. The van der Waals surface area contributed by atoms with Crippen molar-refractivity contribution in [2.45, 2.75) is 20.4 Å². The number of nitrogens with zero attached hydrogens (tertiary/aromatic N) is 2. The Hall–Kier alpha value is -3.74. The summed E-state index contributed by atoms with van der Waals surface area (Å²) in [7, 11) is 1.57. The fourth-order valence-electron chi connectivity index (χ4n) is 2.89. The van der Waals surface area contributed by atoms with Crippen LogP contribution in [0, 0.1) is 6.92 Å². The number of carbonyl (C=O) groups excluding carboxylic acids is 2. The maximum Gasteiger partial charge on any atom is 0.254 e. The van der Waals surface area contributed by atoms with E-state index in [-0.39, 0.29) is 17.9 Å². The van der Waals surface area contributed by atoms with Crippen LogP contribution in [0.4, 0.5) is 5.69 Å². The van der Waals surface area contributed by atoms with Crippen LogP contribution in [0.1, 0.15) is 23.0 Å². The number of rotatable bonds is 6. The van der Waals surface area contributed by atoms with Crippen LogP contribution < -0.4 is 15.6 Å². The van der Waals surface area contributed by atoms with Crippen LogP contribution in [-0.4, -0.2) is 28.4 Å². The maximum atomic E-state index is 12.6. The number of aryl methyl sites for hydroxylation is 1. The van der Waals surface area contributed by atoms with E-state index in [0.717, 1.165) is 0 Å². The minimum Gasteiger partial charge on any atom is -0.497 e. The first kappa shape index (κ1) is 20.0. The molecule has 0 aliphatic carbocycles. The summed E-state index contributed by atoms with van der Waals surface area (Å²) in [4.78, 5) is 41.1. The fraction of sp³-hybridized carbons (Fsp3) is 0.182. The summed E-state index contributed by atoms with van der Waals surface area (Å²) in [6.07, 6.45) is 0. The van der Waals surface area contributed by atoms with Crippen LogP contribution in [0.5, 0.6) is 5.75 Å². The lowest BCUT2D eigenvalue weighted by atomic mass is 10.1. The van der Waals surface area contributed by atoms with E-state index in [1.165, 1.54) is 17.6 Å². The van der Waals surface area contributed by atoms with Crippen molar-refractivity contribution in [2.24, 2.45) is 0 Å². The standard InChI is InChI=1S/C22H21N3O4/c1-14-11-21(28)25(22(23-14)16-7-9-19(29-3)10-8-16)13-20(27)24-18-6-4-5-17(12-18)15(2)26/h4-12H,13H2,1-3H3,(H,24,27). The van der Waals surface area contributed by atoms with Crippen molar-refractivity contribution in [1.29, 1.82) is 0 Å². The molecule has 1 aromatic heterocycles. The lowest BCUT2D eigenvalue weighted by molar-refractivity contribution is -0.116. The molecule has 0 saturated heterocycles. The van der Waals surface area contributed by atoms with Gasteiger partial charge in [-0.2, -0.15) is 0 Å². The lowest BCUT2D eigenvalue weighted by Gasteiger charge is -2.13. The lowest BCUT2D eigenvalue weighted by Crippen LogP contribution is -2.29. The fourth-order valence-corrected chi connectivity index (χ4v) is 2.89. The topological polar surface area (TPSA) is 90.3 Å². The molecule has 7 heteroatoms. The van der Waals surface area contributed by atoms with E-state index in [0.29, 0.717) is 34.1 Å². The number of hydrogen-bond donors (Lipinski definition) is 1. The first-order chi connectivity index (χ1) is 13.9. The SMILES string of the molecule is COc1ccc(-c2nc(C)cc(=O)n2CC(=O)Nc2cccc(C(C)=O)c2)cc1. The van der Waals surface area contributed by atoms with Gasteiger partial charge in [-0.15, -0.1) is 0 Å². The quantitative estimate of drug-likeness (QED) is 0.652. The minimum absolute atomic E-state index is 0.0955. The molecule has 2 aromatic carbocycles. The molecule has 1 amide bonds. The minimum atomic E-state index is -0.395. The average molecular weight is 391 g/mol. The molecular formula is C22H21N3O4. The maximum absolute atomic E-state index is 12.6. The molecule has 0 unspecified atom stereocenters. The molecule has 0 atom stereocenters. The molecule has 0 radical (unpaired) electrons. The van der Waals surface area contributed by atoms with Gasteiger partial charge >= 0.3 is 0 Å². The molecule has 0 saturated carbocycles. The van der Waals surface area contributed by atoms with Gasteiger partial charge in [0, 0.05) is 28.6 Å². The molecule has 3 rings (SSSR count). The van der Waals surface area contributed by atoms with Gasteiger partial charge in [0.1, 0.15) is 18.1 Å². The number of anilines is 1. The van der Waals surface area contributed by atoms with E-state index in [2.05, 4.69) is 10.3 Å². The summed E-state index contributed by atoms with van der Waals surface area (Å²) in [5, 5.41) is 2.73.